The molecule has 1 fully saturated rings. The Morgan fingerprint density at radius 1 is 1.28 bits per heavy atom. The fourth-order valence-electron chi connectivity index (χ4n) is 3.80. The molecule has 1 unspecified atom stereocenters. The molecular formula is C18H24N2O4S. The number of benzene rings is 1. The van der Waals surface area contributed by atoms with Crippen LogP contribution in [-0.2, 0) is 24.8 Å². The lowest BCUT2D eigenvalue weighted by Crippen LogP contribution is -2.58. The first kappa shape index (κ1) is 17.9. The van der Waals surface area contributed by atoms with Crippen LogP contribution in [0.5, 0.6) is 0 Å². The quantitative estimate of drug-likeness (QED) is 0.806. The molecule has 2 heterocycles. The first-order valence-corrected chi connectivity index (χ1v) is 10.5. The van der Waals surface area contributed by atoms with Crippen LogP contribution in [0.1, 0.15) is 37.4 Å². The molecule has 0 radical (unpaired) electrons. The van der Waals surface area contributed by atoms with Gasteiger partial charge in [-0.1, -0.05) is 38.1 Å². The molecule has 25 heavy (non-hydrogen) atoms. The van der Waals surface area contributed by atoms with E-state index in [1.165, 1.54) is 10.5 Å². The summed E-state index contributed by atoms with van der Waals surface area (Å²) in [6, 6.07) is 7.89. The lowest BCUT2D eigenvalue weighted by Gasteiger charge is -2.49. The zero-order chi connectivity index (χ0) is 18.4. The summed E-state index contributed by atoms with van der Waals surface area (Å²) in [6.07, 6.45) is 1.04. The highest BCUT2D eigenvalue weighted by atomic mass is 32.2. The molecule has 0 saturated carbocycles. The fraction of sp³-hybridized carbons (Fsp3) is 0.556. The summed E-state index contributed by atoms with van der Waals surface area (Å²) in [7, 11) is -3.20. The third-order valence-corrected chi connectivity index (χ3v) is 6.02. The number of nitrogens with zero attached hydrogens (tertiary/aromatic N) is 2. The Bertz CT molecular complexity index is 816. The minimum Gasteiger partial charge on any atom is -0.331 e. The number of amides is 2. The smallest absolute Gasteiger partial charge is 0.242 e. The highest BCUT2D eigenvalue weighted by Gasteiger charge is 2.44. The number of sulfone groups is 1. The van der Waals surface area contributed by atoms with Crippen LogP contribution in [-0.4, -0.2) is 61.7 Å². The zero-order valence-electron chi connectivity index (χ0n) is 14.9. The van der Waals surface area contributed by atoms with Gasteiger partial charge in [0.1, 0.15) is 9.84 Å². The van der Waals surface area contributed by atoms with Crippen molar-refractivity contribution >= 4 is 21.7 Å². The van der Waals surface area contributed by atoms with E-state index in [1.807, 2.05) is 23.1 Å². The van der Waals surface area contributed by atoms with Gasteiger partial charge in [-0.3, -0.25) is 9.59 Å². The summed E-state index contributed by atoms with van der Waals surface area (Å²) in [5, 5.41) is 0. The van der Waals surface area contributed by atoms with Gasteiger partial charge in [0, 0.05) is 31.2 Å². The number of carbonyl (C=O) groups is 2. The molecule has 2 aliphatic rings. The minimum atomic E-state index is -3.20. The predicted molar refractivity (Wildman–Crippen MR) is 94.8 cm³/mol. The van der Waals surface area contributed by atoms with Crippen LogP contribution in [0.15, 0.2) is 24.3 Å². The van der Waals surface area contributed by atoms with E-state index < -0.39 is 9.84 Å². The average molecular weight is 364 g/mol. The van der Waals surface area contributed by atoms with Gasteiger partial charge in [0.15, 0.2) is 0 Å². The first-order valence-electron chi connectivity index (χ1n) is 8.43. The van der Waals surface area contributed by atoms with Crippen LogP contribution >= 0.6 is 0 Å². The van der Waals surface area contributed by atoms with Crippen LogP contribution < -0.4 is 0 Å². The first-order chi connectivity index (χ1) is 11.6. The van der Waals surface area contributed by atoms with Gasteiger partial charge in [-0.25, -0.2) is 8.42 Å². The molecule has 1 saturated heterocycles. The number of hydrogen-bond acceptors (Lipinski definition) is 4. The second kappa shape index (κ2) is 6.12. The summed E-state index contributed by atoms with van der Waals surface area (Å²) in [4.78, 5) is 28.4. The third kappa shape index (κ3) is 3.56. The van der Waals surface area contributed by atoms with Gasteiger partial charge in [0.05, 0.1) is 18.3 Å². The van der Waals surface area contributed by atoms with Crippen LogP contribution in [0.3, 0.4) is 0 Å². The second-order valence-electron chi connectivity index (χ2n) is 7.66. The molecule has 0 aliphatic carbocycles. The van der Waals surface area contributed by atoms with E-state index in [2.05, 4.69) is 19.9 Å². The van der Waals surface area contributed by atoms with E-state index in [9.17, 15) is 18.0 Å². The maximum absolute atomic E-state index is 12.7. The van der Waals surface area contributed by atoms with Crippen molar-refractivity contribution in [3.8, 4) is 0 Å². The fourth-order valence-corrected chi connectivity index (χ4v) is 4.35. The molecular weight excluding hydrogens is 340 g/mol. The summed E-state index contributed by atoms with van der Waals surface area (Å²) in [5.41, 5.74) is 2.15. The zero-order valence-corrected chi connectivity index (χ0v) is 15.7. The monoisotopic (exact) mass is 364 g/mol. The molecule has 0 bridgehead atoms. The Hall–Kier alpha value is -1.89. The topological polar surface area (TPSA) is 74.8 Å². The summed E-state index contributed by atoms with van der Waals surface area (Å²) < 4.78 is 22.6. The lowest BCUT2D eigenvalue weighted by atomic mass is 9.75. The Labute approximate surface area is 148 Å². The molecule has 1 aromatic carbocycles. The van der Waals surface area contributed by atoms with E-state index in [0.717, 1.165) is 11.8 Å². The summed E-state index contributed by atoms with van der Waals surface area (Å²) >= 11 is 0. The van der Waals surface area contributed by atoms with Crippen LogP contribution in [0, 0.1) is 0 Å². The molecule has 1 atom stereocenters. The van der Waals surface area contributed by atoms with E-state index in [1.54, 1.807) is 0 Å². The van der Waals surface area contributed by atoms with Crippen molar-refractivity contribution < 1.29 is 18.0 Å². The minimum absolute atomic E-state index is 0.0251. The van der Waals surface area contributed by atoms with E-state index in [4.69, 9.17) is 0 Å². The summed E-state index contributed by atoms with van der Waals surface area (Å²) in [5.74, 6) is -0.540. The molecule has 3 rings (SSSR count). The Morgan fingerprint density at radius 2 is 1.96 bits per heavy atom. The molecule has 6 nitrogen and oxygen atoms in total. The molecule has 2 aliphatic heterocycles. The number of piperazine rings is 1. The van der Waals surface area contributed by atoms with Crippen molar-refractivity contribution in [3.05, 3.63) is 35.4 Å². The second-order valence-corrected chi connectivity index (χ2v) is 9.92. The van der Waals surface area contributed by atoms with Crippen LogP contribution in [0.4, 0.5) is 0 Å². The Kier molecular flexibility index (Phi) is 4.39. The van der Waals surface area contributed by atoms with Crippen molar-refractivity contribution in [1.29, 1.82) is 0 Å². The third-order valence-electron chi connectivity index (χ3n) is 5.07. The molecule has 0 N–H and O–H groups in total. The number of hydrogen-bond donors (Lipinski definition) is 0. The van der Waals surface area contributed by atoms with E-state index >= 15 is 0 Å². The van der Waals surface area contributed by atoms with Crippen molar-refractivity contribution in [2.24, 2.45) is 0 Å². The highest BCUT2D eigenvalue weighted by molar-refractivity contribution is 7.90. The SMILES string of the molecule is CC1(C)CN2C(=O)CN(C(=O)CCS(C)(=O)=O)CC2c2ccccc21. The largest absolute Gasteiger partial charge is 0.331 e. The van der Waals surface area contributed by atoms with Crippen molar-refractivity contribution in [3.63, 3.8) is 0 Å². The van der Waals surface area contributed by atoms with E-state index in [-0.39, 0.29) is 42.0 Å². The average Bonchev–Trinajstić information content (AvgIpc) is 2.53. The van der Waals surface area contributed by atoms with Crippen LogP contribution in [0.2, 0.25) is 0 Å². The number of carbonyl (C=O) groups excluding carboxylic acids is 2. The van der Waals surface area contributed by atoms with Crippen molar-refractivity contribution in [2.45, 2.75) is 31.7 Å². The Balaban J connectivity index is 1.86. The van der Waals surface area contributed by atoms with Crippen LogP contribution in [0.25, 0.3) is 0 Å². The van der Waals surface area contributed by atoms with Crippen molar-refractivity contribution in [1.82, 2.24) is 9.80 Å². The molecule has 7 heteroatoms. The van der Waals surface area contributed by atoms with Gasteiger partial charge in [0.25, 0.3) is 0 Å². The maximum atomic E-state index is 12.7. The van der Waals surface area contributed by atoms with Gasteiger partial charge in [-0.15, -0.1) is 0 Å². The number of rotatable bonds is 3. The predicted octanol–water partition coefficient (Wildman–Crippen LogP) is 1.12. The maximum Gasteiger partial charge on any atom is 0.242 e. The lowest BCUT2D eigenvalue weighted by molar-refractivity contribution is -0.150. The van der Waals surface area contributed by atoms with Gasteiger partial charge in [-0.05, 0) is 11.1 Å². The van der Waals surface area contributed by atoms with Gasteiger partial charge in [-0.2, -0.15) is 0 Å². The van der Waals surface area contributed by atoms with Gasteiger partial charge < -0.3 is 9.80 Å². The molecule has 2 amide bonds. The number of fused-ring (bicyclic) bond motifs is 3. The molecule has 1 aromatic rings. The van der Waals surface area contributed by atoms with E-state index in [0.29, 0.717) is 13.1 Å². The normalized spacial score (nSPS) is 22.4. The van der Waals surface area contributed by atoms with Crippen molar-refractivity contribution in [2.75, 3.05) is 31.6 Å². The van der Waals surface area contributed by atoms with Gasteiger partial charge in [0.2, 0.25) is 11.8 Å². The molecule has 136 valence electrons. The van der Waals surface area contributed by atoms with Gasteiger partial charge >= 0.3 is 0 Å². The standard InChI is InChI=1S/C18H24N2O4S/c1-18(2)12-20-15(13-6-4-5-7-14(13)18)10-19(11-17(20)22)16(21)8-9-25(3,23)24/h4-7,15H,8-12H2,1-3H3. The molecule has 0 aromatic heterocycles. The summed E-state index contributed by atoms with van der Waals surface area (Å²) in [6.45, 7) is 5.32. The molecule has 0 spiro atoms. The Morgan fingerprint density at radius 3 is 2.64 bits per heavy atom. The highest BCUT2D eigenvalue weighted by Crippen LogP contribution is 2.41.